The van der Waals surface area contributed by atoms with Crippen LogP contribution in [0.5, 0.6) is 5.75 Å². The predicted octanol–water partition coefficient (Wildman–Crippen LogP) is 3.58. The number of rotatable bonds is 11. The van der Waals surface area contributed by atoms with E-state index in [-0.39, 0.29) is 6.61 Å². The van der Waals surface area contributed by atoms with Crippen LogP contribution in [-0.2, 0) is 17.8 Å². The van der Waals surface area contributed by atoms with Gasteiger partial charge in [0, 0.05) is 13.1 Å². The summed E-state index contributed by atoms with van der Waals surface area (Å²) in [7, 11) is 0. The van der Waals surface area contributed by atoms with Crippen molar-refractivity contribution in [2.24, 2.45) is 0 Å². The number of carbonyl (C=O) groups is 2. The molecule has 7 nitrogen and oxygen atoms in total. The average molecular weight is 386 g/mol. The Balaban J connectivity index is 1.50. The summed E-state index contributed by atoms with van der Waals surface area (Å²) in [5.41, 5.74) is 1.99. The zero-order chi connectivity index (χ0) is 20.0. The maximum Gasteiger partial charge on any atom is 0.407 e. The predicted molar refractivity (Wildman–Crippen MR) is 106 cm³/mol. The summed E-state index contributed by atoms with van der Waals surface area (Å²) in [6.07, 6.45) is 0.804. The molecule has 0 saturated heterocycles. The van der Waals surface area contributed by atoms with Crippen molar-refractivity contribution < 1.29 is 24.2 Å². The maximum absolute atomic E-state index is 11.6. The fourth-order valence-electron chi connectivity index (χ4n) is 2.45. The Kier molecular flexibility index (Phi) is 9.20. The van der Waals surface area contributed by atoms with Crippen LogP contribution in [0.2, 0.25) is 0 Å². The average Bonchev–Trinajstić information content (AvgIpc) is 2.70. The second-order valence-corrected chi connectivity index (χ2v) is 6.17. The van der Waals surface area contributed by atoms with Gasteiger partial charge >= 0.3 is 12.2 Å². The maximum atomic E-state index is 11.6. The van der Waals surface area contributed by atoms with Crippen LogP contribution in [0.25, 0.3) is 0 Å². The third-order valence-corrected chi connectivity index (χ3v) is 3.94. The molecular weight excluding hydrogens is 360 g/mol. The van der Waals surface area contributed by atoms with Gasteiger partial charge in [0.15, 0.2) is 0 Å². The Morgan fingerprint density at radius 2 is 1.61 bits per heavy atom. The van der Waals surface area contributed by atoms with Gasteiger partial charge in [-0.3, -0.25) is 0 Å². The lowest BCUT2D eigenvalue weighted by molar-refractivity contribution is 0.139. The number of hydrogen-bond acceptors (Lipinski definition) is 4. The van der Waals surface area contributed by atoms with Crippen molar-refractivity contribution in [1.29, 1.82) is 0 Å². The van der Waals surface area contributed by atoms with Gasteiger partial charge in [-0.15, -0.1) is 0 Å². The van der Waals surface area contributed by atoms with Gasteiger partial charge in [-0.1, -0.05) is 42.5 Å². The molecule has 3 N–H and O–H groups in total. The molecule has 0 saturated carbocycles. The Labute approximate surface area is 164 Å². The molecule has 0 aromatic heterocycles. The summed E-state index contributed by atoms with van der Waals surface area (Å²) < 4.78 is 10.8. The molecule has 2 aromatic rings. The van der Waals surface area contributed by atoms with Crippen molar-refractivity contribution in [3.05, 3.63) is 65.7 Å². The fourth-order valence-corrected chi connectivity index (χ4v) is 2.45. The largest absolute Gasteiger partial charge is 0.494 e. The Morgan fingerprint density at radius 3 is 2.32 bits per heavy atom. The number of ether oxygens (including phenoxy) is 2. The molecule has 7 heteroatoms. The monoisotopic (exact) mass is 386 g/mol. The summed E-state index contributed by atoms with van der Waals surface area (Å²) in [5, 5.41) is 13.6. The van der Waals surface area contributed by atoms with Crippen LogP contribution >= 0.6 is 0 Å². The number of hydrogen-bond donors (Lipinski definition) is 3. The summed E-state index contributed by atoms with van der Waals surface area (Å²) in [4.78, 5) is 22.0. The SMILES string of the molecule is O=C(O)NCCc1ccc(OCCCCNC(=O)OCc2ccccc2)cc1. The summed E-state index contributed by atoms with van der Waals surface area (Å²) in [5.74, 6) is 0.769. The number of amides is 2. The van der Waals surface area contributed by atoms with E-state index in [2.05, 4.69) is 10.6 Å². The lowest BCUT2D eigenvalue weighted by Gasteiger charge is -2.09. The number of nitrogens with one attached hydrogen (secondary N) is 2. The molecule has 2 rings (SSSR count). The molecule has 150 valence electrons. The van der Waals surface area contributed by atoms with Crippen LogP contribution in [0.1, 0.15) is 24.0 Å². The molecule has 0 aliphatic carbocycles. The van der Waals surface area contributed by atoms with Crippen molar-refractivity contribution in [3.8, 4) is 5.75 Å². The normalized spacial score (nSPS) is 10.1. The zero-order valence-corrected chi connectivity index (χ0v) is 15.7. The Hall–Kier alpha value is -3.22. The smallest absolute Gasteiger partial charge is 0.407 e. The van der Waals surface area contributed by atoms with Gasteiger partial charge in [0.25, 0.3) is 0 Å². The van der Waals surface area contributed by atoms with Crippen LogP contribution in [0, 0.1) is 0 Å². The van der Waals surface area contributed by atoms with Gasteiger partial charge in [-0.25, -0.2) is 9.59 Å². The summed E-state index contributed by atoms with van der Waals surface area (Å²) in [6, 6.07) is 17.1. The third-order valence-electron chi connectivity index (χ3n) is 3.94. The molecule has 0 aliphatic heterocycles. The zero-order valence-electron chi connectivity index (χ0n) is 15.7. The molecule has 0 aliphatic rings. The van der Waals surface area contributed by atoms with Crippen molar-refractivity contribution in [2.45, 2.75) is 25.9 Å². The lowest BCUT2D eigenvalue weighted by atomic mass is 10.1. The van der Waals surface area contributed by atoms with E-state index in [1.54, 1.807) is 0 Å². The second-order valence-electron chi connectivity index (χ2n) is 6.17. The molecule has 0 atom stereocenters. The number of carbonyl (C=O) groups excluding carboxylic acids is 1. The molecule has 0 heterocycles. The van der Waals surface area contributed by atoms with E-state index in [1.807, 2.05) is 54.6 Å². The number of alkyl carbamates (subject to hydrolysis) is 1. The second kappa shape index (κ2) is 12.2. The Morgan fingerprint density at radius 1 is 0.857 bits per heavy atom. The van der Waals surface area contributed by atoms with Crippen LogP contribution in [0.3, 0.4) is 0 Å². The number of benzene rings is 2. The first kappa shape index (κ1) is 21.1. The van der Waals surface area contributed by atoms with Gasteiger partial charge in [-0.05, 0) is 42.5 Å². The molecule has 0 bridgehead atoms. The van der Waals surface area contributed by atoms with Gasteiger partial charge in [0.2, 0.25) is 0 Å². The van der Waals surface area contributed by atoms with E-state index in [0.29, 0.717) is 26.1 Å². The van der Waals surface area contributed by atoms with Gasteiger partial charge in [0.1, 0.15) is 12.4 Å². The van der Waals surface area contributed by atoms with Gasteiger partial charge in [-0.2, -0.15) is 0 Å². The van der Waals surface area contributed by atoms with Gasteiger partial charge < -0.3 is 25.2 Å². The van der Waals surface area contributed by atoms with Crippen LogP contribution < -0.4 is 15.4 Å². The van der Waals surface area contributed by atoms with Crippen LogP contribution in [-0.4, -0.2) is 37.0 Å². The standard InChI is InChI=1S/C21H26N2O5/c24-20(25)22-14-12-17-8-10-19(11-9-17)27-15-5-4-13-23-21(26)28-16-18-6-2-1-3-7-18/h1-3,6-11,22H,4-5,12-16H2,(H,23,26)(H,24,25). The van der Waals surface area contributed by atoms with E-state index in [9.17, 15) is 9.59 Å². The van der Waals surface area contributed by atoms with Crippen molar-refractivity contribution >= 4 is 12.2 Å². The van der Waals surface area contributed by atoms with E-state index in [4.69, 9.17) is 14.6 Å². The molecule has 0 fully saturated rings. The minimum atomic E-state index is -1.01. The fraction of sp³-hybridized carbons (Fsp3) is 0.333. The highest BCUT2D eigenvalue weighted by atomic mass is 16.5. The summed E-state index contributed by atoms with van der Waals surface area (Å²) >= 11 is 0. The van der Waals surface area contributed by atoms with E-state index in [1.165, 1.54) is 0 Å². The third kappa shape index (κ3) is 8.93. The quantitative estimate of drug-likeness (QED) is 0.513. The van der Waals surface area contributed by atoms with Crippen molar-refractivity contribution in [3.63, 3.8) is 0 Å². The highest BCUT2D eigenvalue weighted by Crippen LogP contribution is 2.13. The number of unbranched alkanes of at least 4 members (excludes halogenated alkanes) is 1. The molecule has 0 unspecified atom stereocenters. The van der Waals surface area contributed by atoms with Crippen LogP contribution in [0.15, 0.2) is 54.6 Å². The van der Waals surface area contributed by atoms with E-state index < -0.39 is 12.2 Å². The highest BCUT2D eigenvalue weighted by molar-refractivity contribution is 5.67. The molecule has 28 heavy (non-hydrogen) atoms. The Bertz CT molecular complexity index is 719. The molecule has 0 spiro atoms. The molecule has 2 aromatic carbocycles. The van der Waals surface area contributed by atoms with E-state index >= 15 is 0 Å². The lowest BCUT2D eigenvalue weighted by Crippen LogP contribution is -2.25. The highest BCUT2D eigenvalue weighted by Gasteiger charge is 2.02. The molecule has 2 amide bonds. The first-order chi connectivity index (χ1) is 13.6. The van der Waals surface area contributed by atoms with Crippen LogP contribution in [0.4, 0.5) is 9.59 Å². The number of carboxylic acid groups (broad SMARTS) is 1. The summed E-state index contributed by atoms with van der Waals surface area (Å²) in [6.45, 7) is 1.74. The van der Waals surface area contributed by atoms with Crippen molar-refractivity contribution in [1.82, 2.24) is 10.6 Å². The molecular formula is C21H26N2O5. The van der Waals surface area contributed by atoms with Gasteiger partial charge in [0.05, 0.1) is 6.61 Å². The van der Waals surface area contributed by atoms with E-state index in [0.717, 1.165) is 29.7 Å². The minimum absolute atomic E-state index is 0.262. The minimum Gasteiger partial charge on any atom is -0.494 e. The first-order valence-electron chi connectivity index (χ1n) is 9.26. The molecule has 0 radical (unpaired) electrons. The first-order valence-corrected chi connectivity index (χ1v) is 9.26. The van der Waals surface area contributed by atoms with Crippen molar-refractivity contribution in [2.75, 3.05) is 19.7 Å². The topological polar surface area (TPSA) is 96.9 Å².